The highest BCUT2D eigenvalue weighted by atomic mass is 16.1. The standard InChI is InChI=1S/C7H8N6O/c1-4(14)13-7(8)5-6(10-2-9-5)11-3-12-7/h2-3H,8H2,1H3,(H,13,14). The number of nitrogens with zero attached hydrogens (tertiary/aromatic N) is 4. The van der Waals surface area contributed by atoms with Crippen molar-refractivity contribution in [3.8, 4) is 0 Å². The van der Waals surface area contributed by atoms with Gasteiger partial charge < -0.3 is 5.32 Å². The van der Waals surface area contributed by atoms with Crippen LogP contribution >= 0.6 is 0 Å². The summed E-state index contributed by atoms with van der Waals surface area (Å²) in [6.07, 6.45) is 2.58. The summed E-state index contributed by atoms with van der Waals surface area (Å²) < 4.78 is 0. The molecular weight excluding hydrogens is 184 g/mol. The Morgan fingerprint density at radius 1 is 1.50 bits per heavy atom. The molecule has 7 heteroatoms. The number of carbonyl (C=O) groups excluding carboxylic acids is 1. The van der Waals surface area contributed by atoms with Gasteiger partial charge in [0, 0.05) is 6.92 Å². The summed E-state index contributed by atoms with van der Waals surface area (Å²) in [6, 6.07) is 0. The third kappa shape index (κ3) is 1.23. The lowest BCUT2D eigenvalue weighted by Crippen LogP contribution is -2.62. The quantitative estimate of drug-likeness (QED) is 0.502. The molecule has 0 saturated carbocycles. The molecule has 1 amide bonds. The maximum atomic E-state index is 10.9. The van der Waals surface area contributed by atoms with Gasteiger partial charge in [0.05, 0.1) is 0 Å². The van der Waals surface area contributed by atoms with E-state index in [2.05, 4.69) is 25.3 Å². The molecule has 1 atom stereocenters. The number of rotatable bonds is 1. The summed E-state index contributed by atoms with van der Waals surface area (Å²) in [5.41, 5.74) is 6.18. The molecule has 2 aliphatic rings. The van der Waals surface area contributed by atoms with Crippen molar-refractivity contribution < 1.29 is 4.79 Å². The third-order valence-corrected chi connectivity index (χ3v) is 1.75. The molecule has 0 aromatic rings. The monoisotopic (exact) mass is 192 g/mol. The molecule has 2 rings (SSSR count). The number of carbonyl (C=O) groups is 1. The lowest BCUT2D eigenvalue weighted by Gasteiger charge is -2.26. The van der Waals surface area contributed by atoms with E-state index in [-0.39, 0.29) is 5.91 Å². The van der Waals surface area contributed by atoms with Crippen molar-refractivity contribution in [2.75, 3.05) is 0 Å². The van der Waals surface area contributed by atoms with Gasteiger partial charge >= 0.3 is 0 Å². The Hall–Kier alpha value is -1.89. The van der Waals surface area contributed by atoms with Crippen molar-refractivity contribution in [3.63, 3.8) is 0 Å². The molecule has 0 spiro atoms. The van der Waals surface area contributed by atoms with Crippen molar-refractivity contribution in [1.82, 2.24) is 5.32 Å². The summed E-state index contributed by atoms with van der Waals surface area (Å²) in [7, 11) is 0. The van der Waals surface area contributed by atoms with Gasteiger partial charge in [-0.15, -0.1) is 0 Å². The molecular formula is C7H8N6O. The summed E-state index contributed by atoms with van der Waals surface area (Å²) >= 11 is 0. The van der Waals surface area contributed by atoms with Crippen LogP contribution in [0.2, 0.25) is 0 Å². The lowest BCUT2D eigenvalue weighted by molar-refractivity contribution is -0.120. The molecule has 72 valence electrons. The van der Waals surface area contributed by atoms with E-state index in [0.29, 0.717) is 11.5 Å². The molecule has 3 N–H and O–H groups in total. The average molecular weight is 192 g/mol. The van der Waals surface area contributed by atoms with Crippen molar-refractivity contribution >= 4 is 30.1 Å². The predicted molar refractivity (Wildman–Crippen MR) is 52.6 cm³/mol. The van der Waals surface area contributed by atoms with Gasteiger partial charge in [-0.25, -0.2) is 20.0 Å². The fourth-order valence-corrected chi connectivity index (χ4v) is 1.22. The second-order valence-corrected chi connectivity index (χ2v) is 2.87. The van der Waals surface area contributed by atoms with Crippen LogP contribution in [0.3, 0.4) is 0 Å². The summed E-state index contributed by atoms with van der Waals surface area (Å²) in [6.45, 7) is 1.35. The van der Waals surface area contributed by atoms with E-state index in [9.17, 15) is 4.79 Å². The number of amides is 1. The predicted octanol–water partition coefficient (Wildman–Crippen LogP) is -1.34. The number of hydrogen-bond acceptors (Lipinski definition) is 6. The number of amidine groups is 1. The second kappa shape index (κ2) is 2.81. The van der Waals surface area contributed by atoms with Crippen molar-refractivity contribution in [2.45, 2.75) is 12.7 Å². The zero-order valence-electron chi connectivity index (χ0n) is 7.43. The highest BCUT2D eigenvalue weighted by Gasteiger charge is 2.38. The molecule has 2 aliphatic heterocycles. The molecule has 2 heterocycles. The fraction of sp³-hybridized carbons (Fsp3) is 0.286. The van der Waals surface area contributed by atoms with Gasteiger partial charge in [-0.2, -0.15) is 0 Å². The minimum atomic E-state index is -1.33. The largest absolute Gasteiger partial charge is 0.314 e. The molecule has 0 aliphatic carbocycles. The molecule has 0 aromatic carbocycles. The van der Waals surface area contributed by atoms with Crippen LogP contribution in [0.5, 0.6) is 0 Å². The van der Waals surface area contributed by atoms with Crippen molar-refractivity contribution in [3.05, 3.63) is 0 Å². The molecule has 0 fully saturated rings. The van der Waals surface area contributed by atoms with E-state index < -0.39 is 5.79 Å². The topological polar surface area (TPSA) is 105 Å². The van der Waals surface area contributed by atoms with E-state index >= 15 is 0 Å². The van der Waals surface area contributed by atoms with Crippen molar-refractivity contribution in [1.29, 1.82) is 0 Å². The zero-order chi connectivity index (χ0) is 10.2. The molecule has 14 heavy (non-hydrogen) atoms. The maximum Gasteiger partial charge on any atom is 0.234 e. The highest BCUT2D eigenvalue weighted by molar-refractivity contribution is 6.50. The van der Waals surface area contributed by atoms with Gasteiger partial charge in [0.25, 0.3) is 0 Å². The molecule has 1 unspecified atom stereocenters. The Kier molecular flexibility index (Phi) is 1.74. The maximum absolute atomic E-state index is 10.9. The third-order valence-electron chi connectivity index (χ3n) is 1.75. The Balaban J connectivity index is 2.35. The first-order chi connectivity index (χ1) is 6.62. The number of fused-ring (bicyclic) bond motifs is 1. The Bertz CT molecular complexity index is 406. The minimum Gasteiger partial charge on any atom is -0.314 e. The second-order valence-electron chi connectivity index (χ2n) is 2.87. The van der Waals surface area contributed by atoms with Crippen LogP contribution in [0.4, 0.5) is 0 Å². The van der Waals surface area contributed by atoms with Gasteiger partial charge in [0.2, 0.25) is 11.7 Å². The first-order valence-electron chi connectivity index (χ1n) is 3.92. The van der Waals surface area contributed by atoms with Crippen LogP contribution in [0.1, 0.15) is 6.92 Å². The zero-order valence-corrected chi connectivity index (χ0v) is 7.43. The fourth-order valence-electron chi connectivity index (χ4n) is 1.22. The molecule has 0 aromatic heterocycles. The number of aliphatic imine (C=N–C) groups is 4. The first kappa shape index (κ1) is 8.70. The van der Waals surface area contributed by atoms with Crippen LogP contribution < -0.4 is 11.1 Å². The van der Waals surface area contributed by atoms with Gasteiger partial charge in [-0.1, -0.05) is 0 Å². The molecule has 0 radical (unpaired) electrons. The van der Waals surface area contributed by atoms with Crippen LogP contribution in [0, 0.1) is 0 Å². The van der Waals surface area contributed by atoms with Gasteiger partial charge in [0.1, 0.15) is 12.7 Å². The Labute approximate surface area is 79.5 Å². The van der Waals surface area contributed by atoms with Crippen LogP contribution in [-0.4, -0.2) is 35.9 Å². The van der Waals surface area contributed by atoms with Gasteiger partial charge in [0.15, 0.2) is 11.5 Å². The van der Waals surface area contributed by atoms with E-state index in [1.54, 1.807) is 0 Å². The SMILES string of the molecule is CC(=O)NC1(N)N=CN=C2N=CN=C21. The van der Waals surface area contributed by atoms with Crippen LogP contribution in [-0.2, 0) is 4.79 Å². The summed E-state index contributed by atoms with van der Waals surface area (Å²) in [4.78, 5) is 26.4. The summed E-state index contributed by atoms with van der Waals surface area (Å²) in [5.74, 6) is -1.24. The van der Waals surface area contributed by atoms with Gasteiger partial charge in [-0.3, -0.25) is 10.5 Å². The Morgan fingerprint density at radius 2 is 2.29 bits per heavy atom. The smallest absolute Gasteiger partial charge is 0.234 e. The Morgan fingerprint density at radius 3 is 3.00 bits per heavy atom. The normalized spacial score (nSPS) is 28.1. The summed E-state index contributed by atoms with van der Waals surface area (Å²) in [5, 5.41) is 2.48. The van der Waals surface area contributed by atoms with Crippen LogP contribution in [0.25, 0.3) is 0 Å². The lowest BCUT2D eigenvalue weighted by atomic mass is 10.2. The minimum absolute atomic E-state index is 0.291. The van der Waals surface area contributed by atoms with Gasteiger partial charge in [-0.05, 0) is 0 Å². The number of nitrogens with two attached hydrogens (primary N) is 1. The van der Waals surface area contributed by atoms with E-state index in [1.165, 1.54) is 19.6 Å². The van der Waals surface area contributed by atoms with E-state index in [4.69, 9.17) is 5.73 Å². The van der Waals surface area contributed by atoms with Crippen molar-refractivity contribution in [2.24, 2.45) is 25.7 Å². The number of nitrogens with one attached hydrogen (secondary N) is 1. The first-order valence-corrected chi connectivity index (χ1v) is 3.92. The highest BCUT2D eigenvalue weighted by Crippen LogP contribution is 2.11. The van der Waals surface area contributed by atoms with E-state index in [1.807, 2.05) is 0 Å². The number of hydrogen-bond donors (Lipinski definition) is 2. The molecule has 0 bridgehead atoms. The molecule has 7 nitrogen and oxygen atoms in total. The average Bonchev–Trinajstić information content (AvgIpc) is 2.51. The van der Waals surface area contributed by atoms with Crippen LogP contribution in [0.15, 0.2) is 20.0 Å². The molecule has 0 saturated heterocycles. The van der Waals surface area contributed by atoms with E-state index in [0.717, 1.165) is 0 Å².